The number of rotatable bonds is 4. The second kappa shape index (κ2) is 7.57. The van der Waals surface area contributed by atoms with Crippen molar-refractivity contribution in [1.82, 2.24) is 14.4 Å². The molecule has 8 nitrogen and oxygen atoms in total. The van der Waals surface area contributed by atoms with Crippen LogP contribution in [-0.2, 0) is 14.8 Å². The van der Waals surface area contributed by atoms with Crippen LogP contribution in [0, 0.1) is 19.8 Å². The highest BCUT2D eigenvalue weighted by molar-refractivity contribution is 7.89. The molecule has 1 aliphatic heterocycles. The van der Waals surface area contributed by atoms with Crippen LogP contribution < -0.4 is 5.32 Å². The number of fused-ring (bicyclic) bond motifs is 1. The summed E-state index contributed by atoms with van der Waals surface area (Å²) in [4.78, 5) is 17.4. The molecule has 0 saturated carbocycles. The molecular weight excluding hydrogens is 392 g/mol. The van der Waals surface area contributed by atoms with Gasteiger partial charge < -0.3 is 9.84 Å². The molecule has 1 saturated heterocycles. The molecule has 29 heavy (non-hydrogen) atoms. The van der Waals surface area contributed by atoms with Crippen LogP contribution in [0.3, 0.4) is 0 Å². The fraction of sp³-hybridized carbons (Fsp3) is 0.350. The number of piperidine rings is 1. The van der Waals surface area contributed by atoms with E-state index in [0.717, 1.165) is 5.39 Å². The van der Waals surface area contributed by atoms with Crippen LogP contribution in [0.15, 0.2) is 45.9 Å². The first-order valence-electron chi connectivity index (χ1n) is 9.45. The Labute approximate surface area is 169 Å². The molecule has 0 spiro atoms. The number of sulfonamides is 1. The number of carbonyl (C=O) groups excluding carboxylic acids is 1. The molecular formula is C20H22N4O4S. The van der Waals surface area contributed by atoms with Crippen LogP contribution in [0.4, 0.5) is 5.69 Å². The fourth-order valence-corrected chi connectivity index (χ4v) is 5.60. The predicted molar refractivity (Wildman–Crippen MR) is 108 cm³/mol. The van der Waals surface area contributed by atoms with E-state index in [1.165, 1.54) is 4.31 Å². The number of amides is 1. The molecule has 0 radical (unpaired) electrons. The van der Waals surface area contributed by atoms with E-state index in [1.54, 1.807) is 26.1 Å². The number of para-hydroxylation sites is 1. The molecule has 4 rings (SSSR count). The van der Waals surface area contributed by atoms with E-state index in [1.807, 2.05) is 24.3 Å². The zero-order valence-electron chi connectivity index (χ0n) is 16.3. The Kier molecular flexibility index (Phi) is 5.10. The minimum Gasteiger partial charge on any atom is -0.360 e. The second-order valence-electron chi connectivity index (χ2n) is 7.23. The Morgan fingerprint density at radius 3 is 2.79 bits per heavy atom. The molecule has 152 valence electrons. The van der Waals surface area contributed by atoms with Crippen molar-refractivity contribution in [3.63, 3.8) is 0 Å². The Morgan fingerprint density at radius 1 is 1.24 bits per heavy atom. The highest BCUT2D eigenvalue weighted by atomic mass is 32.2. The molecule has 3 heterocycles. The number of aromatic nitrogens is 2. The van der Waals surface area contributed by atoms with Gasteiger partial charge in [-0.1, -0.05) is 23.4 Å². The minimum atomic E-state index is -3.77. The van der Waals surface area contributed by atoms with E-state index in [9.17, 15) is 13.2 Å². The van der Waals surface area contributed by atoms with Crippen molar-refractivity contribution in [3.05, 3.63) is 48.0 Å². The molecule has 1 amide bonds. The van der Waals surface area contributed by atoms with Crippen LogP contribution in [0.25, 0.3) is 10.9 Å². The number of hydrogen-bond acceptors (Lipinski definition) is 6. The van der Waals surface area contributed by atoms with Gasteiger partial charge in [0.25, 0.3) is 0 Å². The molecule has 1 N–H and O–H groups in total. The third kappa shape index (κ3) is 3.63. The van der Waals surface area contributed by atoms with Crippen molar-refractivity contribution in [1.29, 1.82) is 0 Å². The van der Waals surface area contributed by atoms with Gasteiger partial charge in [-0.3, -0.25) is 9.78 Å². The highest BCUT2D eigenvalue weighted by Crippen LogP contribution is 2.29. The summed E-state index contributed by atoms with van der Waals surface area (Å²) in [6.07, 6.45) is 2.91. The topological polar surface area (TPSA) is 105 Å². The Balaban J connectivity index is 1.55. The molecule has 1 fully saturated rings. The van der Waals surface area contributed by atoms with Crippen molar-refractivity contribution in [2.24, 2.45) is 5.92 Å². The van der Waals surface area contributed by atoms with Gasteiger partial charge in [0.2, 0.25) is 15.9 Å². The number of nitrogens with zero attached hydrogens (tertiary/aromatic N) is 3. The van der Waals surface area contributed by atoms with Gasteiger partial charge in [-0.2, -0.15) is 4.31 Å². The van der Waals surface area contributed by atoms with E-state index in [2.05, 4.69) is 15.5 Å². The summed E-state index contributed by atoms with van der Waals surface area (Å²) in [5.41, 5.74) is 1.66. The Bertz CT molecular complexity index is 1150. The number of pyridine rings is 1. The lowest BCUT2D eigenvalue weighted by Gasteiger charge is -2.31. The summed E-state index contributed by atoms with van der Waals surface area (Å²) in [6, 6.07) is 9.35. The lowest BCUT2D eigenvalue weighted by atomic mass is 9.98. The second-order valence-corrected chi connectivity index (χ2v) is 9.10. The number of aryl methyl sites for hydroxylation is 2. The Morgan fingerprint density at radius 2 is 2.03 bits per heavy atom. The number of benzene rings is 1. The van der Waals surface area contributed by atoms with Gasteiger partial charge >= 0.3 is 0 Å². The number of nitrogens with one attached hydrogen (secondary N) is 1. The lowest BCUT2D eigenvalue weighted by molar-refractivity contribution is -0.120. The van der Waals surface area contributed by atoms with Crippen LogP contribution in [0.1, 0.15) is 24.3 Å². The average molecular weight is 414 g/mol. The van der Waals surface area contributed by atoms with E-state index in [0.29, 0.717) is 36.3 Å². The zero-order chi connectivity index (χ0) is 20.6. The highest BCUT2D eigenvalue weighted by Gasteiger charge is 2.36. The summed E-state index contributed by atoms with van der Waals surface area (Å²) in [5.74, 6) is -0.393. The van der Waals surface area contributed by atoms with Gasteiger partial charge in [0.05, 0.1) is 17.1 Å². The fourth-order valence-electron chi connectivity index (χ4n) is 3.79. The first kappa shape index (κ1) is 19.5. The minimum absolute atomic E-state index is 0.0943. The van der Waals surface area contributed by atoms with Crippen molar-refractivity contribution in [3.8, 4) is 0 Å². The molecule has 9 heteroatoms. The monoisotopic (exact) mass is 414 g/mol. The normalized spacial score (nSPS) is 18.1. The Hall–Kier alpha value is -2.78. The van der Waals surface area contributed by atoms with Crippen molar-refractivity contribution in [2.45, 2.75) is 31.6 Å². The number of hydrogen-bond donors (Lipinski definition) is 1. The van der Waals surface area contributed by atoms with Crippen molar-refractivity contribution >= 4 is 32.5 Å². The number of anilines is 1. The van der Waals surface area contributed by atoms with Crippen LogP contribution in [-0.4, -0.2) is 41.9 Å². The molecule has 3 aromatic rings. The predicted octanol–water partition coefficient (Wildman–Crippen LogP) is 2.88. The maximum absolute atomic E-state index is 13.1. The van der Waals surface area contributed by atoms with Crippen molar-refractivity contribution < 1.29 is 17.7 Å². The van der Waals surface area contributed by atoms with E-state index < -0.39 is 15.9 Å². The van der Waals surface area contributed by atoms with E-state index in [-0.39, 0.29) is 23.1 Å². The molecule has 1 atom stereocenters. The summed E-state index contributed by atoms with van der Waals surface area (Å²) in [6.45, 7) is 3.67. The number of carbonyl (C=O) groups is 1. The zero-order valence-corrected chi connectivity index (χ0v) is 17.1. The summed E-state index contributed by atoms with van der Waals surface area (Å²) in [5, 5.41) is 7.61. The molecule has 1 aromatic carbocycles. The smallest absolute Gasteiger partial charge is 0.248 e. The van der Waals surface area contributed by atoms with Gasteiger partial charge in [0.15, 0.2) is 5.76 Å². The lowest BCUT2D eigenvalue weighted by Crippen LogP contribution is -2.43. The van der Waals surface area contributed by atoms with E-state index >= 15 is 0 Å². The summed E-state index contributed by atoms with van der Waals surface area (Å²) >= 11 is 0. The summed E-state index contributed by atoms with van der Waals surface area (Å²) < 4.78 is 32.5. The van der Waals surface area contributed by atoms with Crippen LogP contribution >= 0.6 is 0 Å². The third-order valence-corrected chi connectivity index (χ3v) is 7.32. The standard InChI is InChI=1S/C20H22N4O4S/c1-13-19(14(2)28-23-13)29(26,27)24-11-5-8-16(12-24)20(25)22-17-9-3-6-15-7-4-10-21-18(15)17/h3-4,6-7,9-10,16H,5,8,11-12H2,1-2H3,(H,22,25). The maximum atomic E-state index is 13.1. The van der Waals surface area contributed by atoms with Crippen LogP contribution in [0.5, 0.6) is 0 Å². The molecule has 0 bridgehead atoms. The average Bonchev–Trinajstić information content (AvgIpc) is 3.07. The van der Waals surface area contributed by atoms with E-state index in [4.69, 9.17) is 4.52 Å². The molecule has 1 aliphatic rings. The molecule has 2 aromatic heterocycles. The first-order chi connectivity index (χ1) is 13.9. The van der Waals surface area contributed by atoms with Gasteiger partial charge in [0, 0.05) is 24.7 Å². The maximum Gasteiger partial charge on any atom is 0.248 e. The SMILES string of the molecule is Cc1noc(C)c1S(=O)(=O)N1CCCC(C(=O)Nc2cccc3cccnc23)C1. The van der Waals surface area contributed by atoms with Gasteiger partial charge in [-0.15, -0.1) is 0 Å². The molecule has 1 unspecified atom stereocenters. The molecule has 0 aliphatic carbocycles. The first-order valence-corrected chi connectivity index (χ1v) is 10.9. The third-order valence-electron chi connectivity index (χ3n) is 5.21. The summed E-state index contributed by atoms with van der Waals surface area (Å²) in [7, 11) is -3.77. The largest absolute Gasteiger partial charge is 0.360 e. The van der Waals surface area contributed by atoms with Crippen molar-refractivity contribution in [2.75, 3.05) is 18.4 Å². The van der Waals surface area contributed by atoms with Crippen LogP contribution in [0.2, 0.25) is 0 Å². The van der Waals surface area contributed by atoms with Gasteiger partial charge in [0.1, 0.15) is 10.6 Å². The quantitative estimate of drug-likeness (QED) is 0.704. The van der Waals surface area contributed by atoms with Gasteiger partial charge in [-0.05, 0) is 38.8 Å². The van der Waals surface area contributed by atoms with Gasteiger partial charge in [-0.25, -0.2) is 8.42 Å².